The molecule has 4 rings (SSSR count). The molecule has 0 spiro atoms. The van der Waals surface area contributed by atoms with Crippen LogP contribution in [0.4, 0.5) is 4.39 Å². The summed E-state index contributed by atoms with van der Waals surface area (Å²) in [5.74, 6) is 5.28. The van der Waals surface area contributed by atoms with Crippen LogP contribution in [-0.2, 0) is 0 Å². The number of fused-ring (bicyclic) bond motifs is 5. The zero-order chi connectivity index (χ0) is 18.9. The van der Waals surface area contributed by atoms with E-state index in [-0.39, 0.29) is 20.2 Å². The summed E-state index contributed by atoms with van der Waals surface area (Å²) in [6.07, 6.45) is 12.7. The van der Waals surface area contributed by atoms with Crippen LogP contribution in [0, 0.1) is 46.8 Å². The first-order chi connectivity index (χ1) is 12.5. The second-order valence-electron chi connectivity index (χ2n) is 10.4. The Kier molecular flexibility index (Phi) is 8.23. The van der Waals surface area contributed by atoms with E-state index in [2.05, 4.69) is 20.8 Å². The van der Waals surface area contributed by atoms with E-state index < -0.39 is 0 Å². The fourth-order valence-corrected chi connectivity index (χ4v) is 7.92. The summed E-state index contributed by atoms with van der Waals surface area (Å²) < 4.78 is 13.1. The van der Waals surface area contributed by atoms with E-state index in [0.29, 0.717) is 17.3 Å². The first kappa shape index (κ1) is 23.2. The molecule has 0 aromatic heterocycles. The van der Waals surface area contributed by atoms with Gasteiger partial charge in [0.2, 0.25) is 0 Å². The van der Waals surface area contributed by atoms with Crippen LogP contribution in [0.15, 0.2) is 0 Å². The third-order valence-corrected chi connectivity index (χ3v) is 8.94. The van der Waals surface area contributed by atoms with Gasteiger partial charge in [0, 0.05) is 0 Å². The van der Waals surface area contributed by atoms with E-state index in [4.69, 9.17) is 0 Å². The minimum Gasteiger partial charge on any atom is -0.393 e. The maximum Gasteiger partial charge on any atom is 0.0922 e. The van der Waals surface area contributed by atoms with Gasteiger partial charge in [0.1, 0.15) is 0 Å². The van der Waals surface area contributed by atoms with Crippen molar-refractivity contribution in [2.75, 3.05) is 6.67 Å². The molecular weight excluding hydrogens is 335 g/mol. The smallest absolute Gasteiger partial charge is 0.0922 e. The van der Waals surface area contributed by atoms with Crippen LogP contribution in [0.25, 0.3) is 0 Å². The Balaban J connectivity index is 0.000000614. The lowest BCUT2D eigenvalue weighted by molar-refractivity contribution is -0.0827. The molecule has 0 bridgehead atoms. The van der Waals surface area contributed by atoms with Crippen molar-refractivity contribution in [3.05, 3.63) is 0 Å². The van der Waals surface area contributed by atoms with Gasteiger partial charge in [0.05, 0.1) is 12.8 Å². The molecule has 0 heterocycles. The summed E-state index contributed by atoms with van der Waals surface area (Å²) in [4.78, 5) is 0. The van der Waals surface area contributed by atoms with Crippen LogP contribution < -0.4 is 0 Å². The van der Waals surface area contributed by atoms with E-state index in [1.54, 1.807) is 0 Å². The van der Waals surface area contributed by atoms with Crippen LogP contribution in [0.3, 0.4) is 0 Å². The number of rotatable bonds is 2. The highest BCUT2D eigenvalue weighted by atomic mass is 19.1. The standard InChI is InChI=1S/C21H35FO.C3H8.CH4/c1-13(23)19-7-8-20-18-6-4-15-11-14(12-22)3-5-16(15)17(18)9-10-21(19,20)2;1-3-2;/h13-20,23H,3-12H2,1-2H3;3H2,1-2H3;1H4. The Bertz CT molecular complexity index is 450. The van der Waals surface area contributed by atoms with Crippen LogP contribution in [0.2, 0.25) is 0 Å². The van der Waals surface area contributed by atoms with E-state index in [1.807, 2.05) is 6.92 Å². The molecule has 160 valence electrons. The molecule has 9 unspecified atom stereocenters. The van der Waals surface area contributed by atoms with E-state index in [1.165, 1.54) is 57.8 Å². The summed E-state index contributed by atoms with van der Waals surface area (Å²) in [5, 5.41) is 10.3. The molecule has 0 aliphatic heterocycles. The molecule has 0 amide bonds. The lowest BCUT2D eigenvalue weighted by Gasteiger charge is -2.56. The van der Waals surface area contributed by atoms with Crippen molar-refractivity contribution in [2.24, 2.45) is 46.8 Å². The predicted molar refractivity (Wildman–Crippen MR) is 114 cm³/mol. The second-order valence-corrected chi connectivity index (χ2v) is 10.4. The number of hydrogen-bond donors (Lipinski definition) is 1. The fraction of sp³-hybridized carbons (Fsp3) is 1.00. The molecule has 0 aromatic carbocycles. The Morgan fingerprint density at radius 2 is 1.63 bits per heavy atom. The minimum absolute atomic E-state index is 0. The Hall–Kier alpha value is -0.110. The van der Waals surface area contributed by atoms with Crippen LogP contribution in [0.5, 0.6) is 0 Å². The van der Waals surface area contributed by atoms with Crippen LogP contribution >= 0.6 is 0 Å². The highest BCUT2D eigenvalue weighted by Crippen LogP contribution is 2.64. The molecule has 9 atom stereocenters. The monoisotopic (exact) mass is 382 g/mol. The van der Waals surface area contributed by atoms with Crippen molar-refractivity contribution >= 4 is 0 Å². The molecule has 4 fully saturated rings. The molecule has 1 nitrogen and oxygen atoms in total. The third kappa shape index (κ3) is 4.26. The molecule has 0 radical (unpaired) electrons. The number of aliphatic hydroxyl groups is 1. The maximum atomic E-state index is 13.1. The second kappa shape index (κ2) is 9.59. The number of halogens is 1. The van der Waals surface area contributed by atoms with Gasteiger partial charge in [-0.05, 0) is 112 Å². The molecule has 4 saturated carbocycles. The lowest BCUT2D eigenvalue weighted by atomic mass is 9.49. The van der Waals surface area contributed by atoms with Gasteiger partial charge in [0.15, 0.2) is 0 Å². The average Bonchev–Trinajstić information content (AvgIpc) is 2.99. The van der Waals surface area contributed by atoms with Gasteiger partial charge in [-0.25, -0.2) is 0 Å². The molecule has 0 aromatic rings. The van der Waals surface area contributed by atoms with Gasteiger partial charge in [-0.15, -0.1) is 0 Å². The Morgan fingerprint density at radius 1 is 0.963 bits per heavy atom. The normalized spacial score (nSPS) is 46.7. The Morgan fingerprint density at radius 3 is 2.26 bits per heavy atom. The molecule has 4 aliphatic carbocycles. The highest BCUT2D eigenvalue weighted by Gasteiger charge is 2.57. The van der Waals surface area contributed by atoms with Gasteiger partial charge < -0.3 is 5.11 Å². The number of aliphatic hydroxyl groups excluding tert-OH is 1. The molecule has 4 aliphatic rings. The Labute approximate surface area is 168 Å². The van der Waals surface area contributed by atoms with Crippen molar-refractivity contribution in [1.29, 1.82) is 0 Å². The van der Waals surface area contributed by atoms with Crippen molar-refractivity contribution < 1.29 is 9.50 Å². The topological polar surface area (TPSA) is 20.2 Å². The average molecular weight is 383 g/mol. The van der Waals surface area contributed by atoms with Crippen molar-refractivity contribution in [1.82, 2.24) is 0 Å². The largest absolute Gasteiger partial charge is 0.393 e. The van der Waals surface area contributed by atoms with E-state index >= 15 is 0 Å². The quantitative estimate of drug-likeness (QED) is 0.532. The summed E-state index contributed by atoms with van der Waals surface area (Å²) >= 11 is 0. The maximum absolute atomic E-state index is 13.1. The molecule has 2 heteroatoms. The summed E-state index contributed by atoms with van der Waals surface area (Å²) in [6.45, 7) is 8.66. The highest BCUT2D eigenvalue weighted by molar-refractivity contribution is 5.06. The number of hydrogen-bond acceptors (Lipinski definition) is 1. The van der Waals surface area contributed by atoms with E-state index in [9.17, 15) is 9.50 Å². The van der Waals surface area contributed by atoms with Crippen molar-refractivity contribution in [3.8, 4) is 0 Å². The molecule has 0 saturated heterocycles. The zero-order valence-electron chi connectivity index (χ0n) is 17.7. The summed E-state index contributed by atoms with van der Waals surface area (Å²) in [7, 11) is 0. The van der Waals surface area contributed by atoms with Gasteiger partial charge >= 0.3 is 0 Å². The molecule has 27 heavy (non-hydrogen) atoms. The van der Waals surface area contributed by atoms with Crippen LogP contribution in [-0.4, -0.2) is 17.9 Å². The summed E-state index contributed by atoms with van der Waals surface area (Å²) in [6, 6.07) is 0. The first-order valence-electron chi connectivity index (χ1n) is 11.7. The lowest BCUT2D eigenvalue weighted by Crippen LogP contribution is -2.49. The van der Waals surface area contributed by atoms with Gasteiger partial charge in [-0.3, -0.25) is 4.39 Å². The zero-order valence-corrected chi connectivity index (χ0v) is 17.7. The summed E-state index contributed by atoms with van der Waals surface area (Å²) in [5.41, 5.74) is 0.387. The molecule has 1 N–H and O–H groups in total. The van der Waals surface area contributed by atoms with Crippen molar-refractivity contribution in [2.45, 2.75) is 105 Å². The van der Waals surface area contributed by atoms with E-state index in [0.717, 1.165) is 36.0 Å². The predicted octanol–water partition coefficient (Wildman–Crippen LogP) is 7.27. The van der Waals surface area contributed by atoms with Gasteiger partial charge in [0.25, 0.3) is 0 Å². The van der Waals surface area contributed by atoms with Gasteiger partial charge in [-0.1, -0.05) is 34.6 Å². The van der Waals surface area contributed by atoms with Gasteiger partial charge in [-0.2, -0.15) is 0 Å². The number of alkyl halides is 1. The third-order valence-electron chi connectivity index (χ3n) is 8.94. The first-order valence-corrected chi connectivity index (χ1v) is 11.7. The SMILES string of the molecule is C.CC(O)C1CCC2C3CCC4CC(CF)CCC4C3CCC12C.CCC. The van der Waals surface area contributed by atoms with Crippen LogP contribution in [0.1, 0.15) is 99.3 Å². The van der Waals surface area contributed by atoms with Crippen molar-refractivity contribution in [3.63, 3.8) is 0 Å². The minimum atomic E-state index is -0.141. The fourth-order valence-electron chi connectivity index (χ4n) is 7.92. The molecular formula is C25H47FO.